The molecule has 13 aromatic rings. The van der Waals surface area contributed by atoms with Crippen molar-refractivity contribution in [2.75, 3.05) is 4.90 Å². The first kappa shape index (κ1) is 40.1. The van der Waals surface area contributed by atoms with Crippen LogP contribution in [0.25, 0.3) is 105 Å². The molecule has 2 heterocycles. The summed E-state index contributed by atoms with van der Waals surface area (Å²) in [5, 5.41) is 4.78. The number of anilines is 3. The predicted octanol–water partition coefficient (Wildman–Crippen LogP) is 18.5. The third-order valence-electron chi connectivity index (χ3n) is 13.6. The van der Waals surface area contributed by atoms with E-state index in [1.54, 1.807) is 0 Å². The maximum atomic E-state index is 6.45. The van der Waals surface area contributed by atoms with Crippen molar-refractivity contribution in [2.24, 2.45) is 0 Å². The third kappa shape index (κ3) is 7.16. The molecule has 0 unspecified atom stereocenters. The van der Waals surface area contributed by atoms with Crippen molar-refractivity contribution in [3.8, 4) is 61.3 Å². The van der Waals surface area contributed by atoms with Crippen LogP contribution >= 0.6 is 0 Å². The van der Waals surface area contributed by atoms with Crippen LogP contribution in [0, 0.1) is 0 Å². The van der Waals surface area contributed by atoms with Gasteiger partial charge in [-0.2, -0.15) is 0 Å². The first-order valence-corrected chi connectivity index (χ1v) is 23.6. The molecule has 0 N–H and O–H groups in total. The van der Waals surface area contributed by atoms with Crippen molar-refractivity contribution in [2.45, 2.75) is 0 Å². The minimum Gasteiger partial charge on any atom is -0.455 e. The summed E-state index contributed by atoms with van der Waals surface area (Å²) in [5.74, 6) is 0. The van der Waals surface area contributed by atoms with Gasteiger partial charge in [-0.15, -0.1) is 0 Å². The molecule has 3 heteroatoms. The van der Waals surface area contributed by atoms with E-state index in [0.717, 1.165) is 61.3 Å². The van der Waals surface area contributed by atoms with E-state index in [9.17, 15) is 0 Å². The fourth-order valence-electron chi connectivity index (χ4n) is 10.3. The van der Waals surface area contributed by atoms with Crippen LogP contribution in [-0.2, 0) is 0 Å². The van der Waals surface area contributed by atoms with Crippen LogP contribution in [0.1, 0.15) is 0 Å². The second-order valence-electron chi connectivity index (χ2n) is 17.7. The van der Waals surface area contributed by atoms with E-state index in [4.69, 9.17) is 4.42 Å². The highest BCUT2D eigenvalue weighted by atomic mass is 16.3. The van der Waals surface area contributed by atoms with Crippen LogP contribution in [-0.4, -0.2) is 4.57 Å². The summed E-state index contributed by atoms with van der Waals surface area (Å²) in [6, 6.07) is 96.0. The average molecular weight is 881 g/mol. The molecular weight excluding hydrogens is 837 g/mol. The molecule has 11 aromatic carbocycles. The summed E-state index contributed by atoms with van der Waals surface area (Å²) in [6.45, 7) is 0. The van der Waals surface area contributed by atoms with Gasteiger partial charge in [-0.05, 0) is 111 Å². The first-order valence-electron chi connectivity index (χ1n) is 23.6. The van der Waals surface area contributed by atoms with Crippen LogP contribution in [0.5, 0.6) is 0 Å². The Kier molecular flexibility index (Phi) is 9.84. The Bertz CT molecular complexity index is 3920. The standard InChI is InChI=1S/C66H44N2O/c1-2-14-45(15-3-1)51-16-12-17-52(44-51)48-34-40-54(41-35-48)67(55-42-36-50(37-43-55)57-22-13-23-61-60-21-7-11-27-65(60)69-66(57)61)53-38-32-47(33-39-53)46-28-30-49(31-29-46)56-18-4-8-24-62(56)68-63-25-9-5-19-58(63)59-20-6-10-26-64(59)68/h1-44H. The number of aromatic nitrogens is 1. The lowest BCUT2D eigenvalue weighted by Crippen LogP contribution is -2.09. The zero-order chi connectivity index (χ0) is 45.7. The monoisotopic (exact) mass is 880 g/mol. The molecule has 2 aromatic heterocycles. The minimum atomic E-state index is 0.901. The molecule has 0 aliphatic carbocycles. The fraction of sp³-hybridized carbons (Fsp3) is 0. The minimum absolute atomic E-state index is 0.901. The molecule has 0 amide bonds. The van der Waals surface area contributed by atoms with Crippen LogP contribution in [0.2, 0.25) is 0 Å². The molecule has 0 atom stereocenters. The van der Waals surface area contributed by atoms with Crippen LogP contribution in [0.15, 0.2) is 271 Å². The van der Waals surface area contributed by atoms with Crippen LogP contribution < -0.4 is 4.90 Å². The lowest BCUT2D eigenvalue weighted by molar-refractivity contribution is 0.670. The number of hydrogen-bond acceptors (Lipinski definition) is 2. The number of hydrogen-bond donors (Lipinski definition) is 0. The van der Waals surface area contributed by atoms with Gasteiger partial charge < -0.3 is 13.9 Å². The second-order valence-corrected chi connectivity index (χ2v) is 17.7. The van der Waals surface area contributed by atoms with Gasteiger partial charge >= 0.3 is 0 Å². The van der Waals surface area contributed by atoms with E-state index in [2.05, 4.69) is 264 Å². The molecule has 0 aliphatic heterocycles. The normalized spacial score (nSPS) is 11.5. The highest BCUT2D eigenvalue weighted by Gasteiger charge is 2.18. The lowest BCUT2D eigenvalue weighted by Gasteiger charge is -2.26. The fourth-order valence-corrected chi connectivity index (χ4v) is 10.3. The van der Waals surface area contributed by atoms with Crippen molar-refractivity contribution >= 4 is 60.8 Å². The Hall–Kier alpha value is -9.18. The number of benzene rings is 11. The van der Waals surface area contributed by atoms with Crippen molar-refractivity contribution in [3.05, 3.63) is 267 Å². The van der Waals surface area contributed by atoms with Gasteiger partial charge in [-0.25, -0.2) is 0 Å². The largest absolute Gasteiger partial charge is 0.455 e. The molecular formula is C66H44N2O. The Morgan fingerprint density at radius 3 is 1.32 bits per heavy atom. The molecule has 13 rings (SSSR count). The third-order valence-corrected chi connectivity index (χ3v) is 13.6. The SMILES string of the molecule is c1ccc(-c2cccc(-c3ccc(N(c4ccc(-c5ccc(-c6ccccc6-n6c7ccccc7c7ccccc76)cc5)cc4)c4ccc(-c5cccc6c5oc5ccccc56)cc4)cc3)c2)cc1. The van der Waals surface area contributed by atoms with Crippen molar-refractivity contribution in [1.82, 2.24) is 4.57 Å². The molecule has 69 heavy (non-hydrogen) atoms. The molecule has 0 aliphatic rings. The van der Waals surface area contributed by atoms with Gasteiger partial charge in [0.05, 0.1) is 16.7 Å². The van der Waals surface area contributed by atoms with Gasteiger partial charge in [0.25, 0.3) is 0 Å². The molecule has 3 nitrogen and oxygen atoms in total. The molecule has 0 radical (unpaired) electrons. The Morgan fingerprint density at radius 2 is 0.681 bits per heavy atom. The molecule has 0 saturated carbocycles. The number of nitrogens with zero attached hydrogens (tertiary/aromatic N) is 2. The highest BCUT2D eigenvalue weighted by molar-refractivity contribution is 6.10. The summed E-state index contributed by atoms with van der Waals surface area (Å²) in [7, 11) is 0. The summed E-state index contributed by atoms with van der Waals surface area (Å²) < 4.78 is 8.85. The molecule has 0 spiro atoms. The highest BCUT2D eigenvalue weighted by Crippen LogP contribution is 2.41. The Labute approximate surface area is 401 Å². The topological polar surface area (TPSA) is 21.3 Å². The van der Waals surface area contributed by atoms with E-state index in [1.807, 2.05) is 12.1 Å². The second kappa shape index (κ2) is 16.9. The maximum Gasteiger partial charge on any atom is 0.143 e. The van der Waals surface area contributed by atoms with E-state index < -0.39 is 0 Å². The van der Waals surface area contributed by atoms with Gasteiger partial charge in [0.2, 0.25) is 0 Å². The van der Waals surface area contributed by atoms with Crippen molar-refractivity contribution in [1.29, 1.82) is 0 Å². The van der Waals surface area contributed by atoms with E-state index in [1.165, 1.54) is 60.9 Å². The van der Waals surface area contributed by atoms with Gasteiger partial charge in [0, 0.05) is 49.7 Å². The molecule has 0 bridgehead atoms. The quantitative estimate of drug-likeness (QED) is 0.144. The number of furan rings is 1. The average Bonchev–Trinajstić information content (AvgIpc) is 3.98. The van der Waals surface area contributed by atoms with Gasteiger partial charge in [-0.3, -0.25) is 0 Å². The molecule has 324 valence electrons. The van der Waals surface area contributed by atoms with Gasteiger partial charge in [0.15, 0.2) is 0 Å². The number of para-hydroxylation sites is 5. The van der Waals surface area contributed by atoms with Crippen molar-refractivity contribution < 1.29 is 4.42 Å². The predicted molar refractivity (Wildman–Crippen MR) is 290 cm³/mol. The summed E-state index contributed by atoms with van der Waals surface area (Å²) in [4.78, 5) is 2.34. The smallest absolute Gasteiger partial charge is 0.143 e. The van der Waals surface area contributed by atoms with Crippen molar-refractivity contribution in [3.63, 3.8) is 0 Å². The van der Waals surface area contributed by atoms with E-state index >= 15 is 0 Å². The van der Waals surface area contributed by atoms with E-state index in [-0.39, 0.29) is 0 Å². The number of fused-ring (bicyclic) bond motifs is 6. The Balaban J connectivity index is 0.843. The molecule has 0 fully saturated rings. The summed E-state index contributed by atoms with van der Waals surface area (Å²) in [5.41, 5.74) is 20.2. The zero-order valence-electron chi connectivity index (χ0n) is 37.7. The zero-order valence-corrected chi connectivity index (χ0v) is 37.7. The van der Waals surface area contributed by atoms with Gasteiger partial charge in [-0.1, -0.05) is 200 Å². The van der Waals surface area contributed by atoms with Crippen LogP contribution in [0.4, 0.5) is 17.1 Å². The van der Waals surface area contributed by atoms with Gasteiger partial charge in [0.1, 0.15) is 11.2 Å². The first-order chi connectivity index (χ1) is 34.2. The summed E-state index contributed by atoms with van der Waals surface area (Å²) >= 11 is 0. The van der Waals surface area contributed by atoms with E-state index in [0.29, 0.717) is 0 Å². The lowest BCUT2D eigenvalue weighted by atomic mass is 9.98. The Morgan fingerprint density at radius 1 is 0.275 bits per heavy atom. The maximum absolute atomic E-state index is 6.45. The molecule has 0 saturated heterocycles. The summed E-state index contributed by atoms with van der Waals surface area (Å²) in [6.07, 6.45) is 0. The number of rotatable bonds is 9. The van der Waals surface area contributed by atoms with Crippen LogP contribution in [0.3, 0.4) is 0 Å².